The van der Waals surface area contributed by atoms with E-state index >= 15 is 0 Å². The average molecular weight is 225 g/mol. The van der Waals surface area contributed by atoms with Crippen LogP contribution in [-0.2, 0) is 11.8 Å². The van der Waals surface area contributed by atoms with Gasteiger partial charge in [-0.3, -0.25) is 9.48 Å². The van der Waals surface area contributed by atoms with Gasteiger partial charge in [0.25, 0.3) is 0 Å². The van der Waals surface area contributed by atoms with E-state index in [0.717, 1.165) is 16.4 Å². The molecule has 2 rings (SSSR count). The van der Waals surface area contributed by atoms with Gasteiger partial charge >= 0.3 is 0 Å². The molecule has 0 aliphatic carbocycles. The van der Waals surface area contributed by atoms with Gasteiger partial charge in [0.15, 0.2) is 0 Å². The molecule has 1 atom stereocenters. The number of aromatic nitrogens is 2. The standard InChI is InChI=1S/C10H15N3OS/c1-5(2)8-9(14)11-7-6(3)12-13(4)10(7)15-8/h5,8H,1-4H3,(H,11,14). The molecule has 82 valence electrons. The first kappa shape index (κ1) is 10.5. The van der Waals surface area contributed by atoms with E-state index in [1.165, 1.54) is 0 Å². The largest absolute Gasteiger partial charge is 0.321 e. The predicted octanol–water partition coefficient (Wildman–Crippen LogP) is 1.80. The molecule has 1 amide bonds. The number of thioether (sulfide) groups is 1. The molecule has 0 bridgehead atoms. The molecule has 1 aromatic rings. The minimum absolute atomic E-state index is 0.00713. The van der Waals surface area contributed by atoms with Gasteiger partial charge < -0.3 is 5.32 Å². The summed E-state index contributed by atoms with van der Waals surface area (Å²) in [7, 11) is 1.91. The van der Waals surface area contributed by atoms with Crippen LogP contribution in [0.3, 0.4) is 0 Å². The van der Waals surface area contributed by atoms with Gasteiger partial charge in [-0.15, -0.1) is 0 Å². The molecule has 1 aliphatic heterocycles. The maximum absolute atomic E-state index is 11.8. The molecule has 1 aromatic heterocycles. The fourth-order valence-corrected chi connectivity index (χ4v) is 2.91. The number of hydrogen-bond donors (Lipinski definition) is 1. The number of carbonyl (C=O) groups is 1. The molecule has 0 saturated heterocycles. The van der Waals surface area contributed by atoms with Crippen LogP contribution in [0.5, 0.6) is 0 Å². The molecule has 4 nitrogen and oxygen atoms in total. The molecule has 0 radical (unpaired) electrons. The molecule has 0 saturated carbocycles. The number of nitrogens with zero attached hydrogens (tertiary/aromatic N) is 2. The maximum atomic E-state index is 11.8. The van der Waals surface area contributed by atoms with Gasteiger partial charge in [0.1, 0.15) is 5.03 Å². The minimum Gasteiger partial charge on any atom is -0.321 e. The van der Waals surface area contributed by atoms with Crippen LogP contribution in [0, 0.1) is 12.8 Å². The summed E-state index contributed by atoms with van der Waals surface area (Å²) in [5.41, 5.74) is 1.76. The Kier molecular flexibility index (Phi) is 2.50. The molecule has 0 fully saturated rings. The molecular weight excluding hydrogens is 210 g/mol. The number of hydrogen-bond acceptors (Lipinski definition) is 3. The summed E-state index contributed by atoms with van der Waals surface area (Å²) in [4.78, 5) is 11.8. The number of nitrogens with one attached hydrogen (secondary N) is 1. The summed E-state index contributed by atoms with van der Waals surface area (Å²) in [5.74, 6) is 0.428. The van der Waals surface area contributed by atoms with Crippen molar-refractivity contribution in [3.05, 3.63) is 5.69 Å². The predicted molar refractivity (Wildman–Crippen MR) is 61.1 cm³/mol. The van der Waals surface area contributed by atoms with Crippen molar-refractivity contribution in [2.24, 2.45) is 13.0 Å². The van der Waals surface area contributed by atoms with Crippen LogP contribution in [-0.4, -0.2) is 20.9 Å². The van der Waals surface area contributed by atoms with E-state index in [0.29, 0.717) is 5.92 Å². The van der Waals surface area contributed by atoms with Crippen LogP contribution in [0.1, 0.15) is 19.5 Å². The van der Waals surface area contributed by atoms with Crippen molar-refractivity contribution < 1.29 is 4.79 Å². The van der Waals surface area contributed by atoms with Gasteiger partial charge in [0.05, 0.1) is 16.6 Å². The molecule has 0 spiro atoms. The quantitative estimate of drug-likeness (QED) is 0.792. The van der Waals surface area contributed by atoms with Crippen LogP contribution in [0.25, 0.3) is 0 Å². The average Bonchev–Trinajstić information content (AvgIpc) is 2.41. The van der Waals surface area contributed by atoms with Crippen LogP contribution in [0.4, 0.5) is 5.69 Å². The zero-order valence-corrected chi connectivity index (χ0v) is 10.2. The summed E-state index contributed by atoms with van der Waals surface area (Å²) in [6.45, 7) is 6.03. The van der Waals surface area contributed by atoms with Gasteiger partial charge in [-0.1, -0.05) is 25.6 Å². The third-order valence-electron chi connectivity index (χ3n) is 2.52. The van der Waals surface area contributed by atoms with E-state index in [1.807, 2.05) is 18.7 Å². The first-order valence-corrected chi connectivity index (χ1v) is 5.89. The first-order chi connectivity index (χ1) is 7.00. The highest BCUT2D eigenvalue weighted by Gasteiger charge is 2.32. The summed E-state index contributed by atoms with van der Waals surface area (Å²) < 4.78 is 1.84. The van der Waals surface area contributed by atoms with E-state index < -0.39 is 0 Å². The second-order valence-electron chi connectivity index (χ2n) is 4.16. The van der Waals surface area contributed by atoms with Crippen LogP contribution < -0.4 is 5.32 Å². The lowest BCUT2D eigenvalue weighted by Gasteiger charge is -2.24. The van der Waals surface area contributed by atoms with Gasteiger partial charge in [0.2, 0.25) is 5.91 Å². The molecule has 0 aromatic carbocycles. The Labute approximate surface area is 93.4 Å². The highest BCUT2D eigenvalue weighted by Crippen LogP contribution is 2.39. The Balaban J connectivity index is 2.40. The number of carbonyl (C=O) groups excluding carboxylic acids is 1. The van der Waals surface area contributed by atoms with E-state index in [9.17, 15) is 4.79 Å². The van der Waals surface area contributed by atoms with E-state index in [2.05, 4.69) is 24.3 Å². The third-order valence-corrected chi connectivity index (χ3v) is 4.22. The van der Waals surface area contributed by atoms with Crippen LogP contribution in [0.15, 0.2) is 5.03 Å². The van der Waals surface area contributed by atoms with Crippen LogP contribution in [0.2, 0.25) is 0 Å². The van der Waals surface area contributed by atoms with E-state index in [-0.39, 0.29) is 11.2 Å². The molecule has 5 heteroatoms. The monoisotopic (exact) mass is 225 g/mol. The Hall–Kier alpha value is -0.970. The molecule has 2 heterocycles. The van der Waals surface area contributed by atoms with Crippen molar-refractivity contribution in [2.75, 3.05) is 5.32 Å². The zero-order chi connectivity index (χ0) is 11.2. The second kappa shape index (κ2) is 3.56. The third kappa shape index (κ3) is 1.65. The lowest BCUT2D eigenvalue weighted by molar-refractivity contribution is -0.116. The van der Waals surface area contributed by atoms with E-state index in [1.54, 1.807) is 11.8 Å². The Morgan fingerprint density at radius 2 is 2.20 bits per heavy atom. The SMILES string of the molecule is Cc1nn(C)c2c1NC(=O)C(C(C)C)S2. The van der Waals surface area contributed by atoms with Gasteiger partial charge in [-0.2, -0.15) is 5.10 Å². The number of rotatable bonds is 1. The zero-order valence-electron chi connectivity index (χ0n) is 9.37. The summed E-state index contributed by atoms with van der Waals surface area (Å²) in [5, 5.41) is 8.29. The van der Waals surface area contributed by atoms with Crippen molar-refractivity contribution >= 4 is 23.4 Å². The van der Waals surface area contributed by atoms with Crippen molar-refractivity contribution in [1.82, 2.24) is 9.78 Å². The molecule has 1 N–H and O–H groups in total. The molecule has 15 heavy (non-hydrogen) atoms. The molecule has 1 aliphatic rings. The summed E-state index contributed by atoms with van der Waals surface area (Å²) >= 11 is 1.61. The number of anilines is 1. The lowest BCUT2D eigenvalue weighted by Crippen LogP contribution is -2.33. The smallest absolute Gasteiger partial charge is 0.238 e. The summed E-state index contributed by atoms with van der Waals surface area (Å²) in [6.07, 6.45) is 0. The number of aryl methyl sites for hydroxylation is 2. The number of fused-ring (bicyclic) bond motifs is 1. The van der Waals surface area contributed by atoms with Crippen molar-refractivity contribution in [2.45, 2.75) is 31.0 Å². The Bertz CT molecular complexity index is 411. The number of amides is 1. The molecular formula is C10H15N3OS. The van der Waals surface area contributed by atoms with Crippen LogP contribution >= 0.6 is 11.8 Å². The lowest BCUT2D eigenvalue weighted by atomic mass is 10.1. The first-order valence-electron chi connectivity index (χ1n) is 5.02. The normalized spacial score (nSPS) is 20.3. The second-order valence-corrected chi connectivity index (χ2v) is 5.29. The highest BCUT2D eigenvalue weighted by atomic mass is 32.2. The Morgan fingerprint density at radius 3 is 2.80 bits per heavy atom. The Morgan fingerprint density at radius 1 is 1.53 bits per heavy atom. The fourth-order valence-electron chi connectivity index (χ4n) is 1.72. The highest BCUT2D eigenvalue weighted by molar-refractivity contribution is 8.00. The maximum Gasteiger partial charge on any atom is 0.238 e. The van der Waals surface area contributed by atoms with Crippen molar-refractivity contribution in [3.8, 4) is 0 Å². The fraction of sp³-hybridized carbons (Fsp3) is 0.600. The van der Waals surface area contributed by atoms with Crippen molar-refractivity contribution in [3.63, 3.8) is 0 Å². The minimum atomic E-state index is -0.00713. The van der Waals surface area contributed by atoms with Gasteiger partial charge in [-0.25, -0.2) is 0 Å². The van der Waals surface area contributed by atoms with Crippen molar-refractivity contribution in [1.29, 1.82) is 0 Å². The van der Waals surface area contributed by atoms with Gasteiger partial charge in [0, 0.05) is 7.05 Å². The molecule has 1 unspecified atom stereocenters. The summed E-state index contributed by atoms with van der Waals surface area (Å²) in [6, 6.07) is 0. The topological polar surface area (TPSA) is 46.9 Å². The van der Waals surface area contributed by atoms with E-state index in [4.69, 9.17) is 0 Å². The van der Waals surface area contributed by atoms with Gasteiger partial charge in [-0.05, 0) is 12.8 Å².